The molecule has 0 saturated heterocycles. The van der Waals surface area contributed by atoms with E-state index < -0.39 is 0 Å². The molecule has 0 aliphatic rings. The van der Waals surface area contributed by atoms with Crippen molar-refractivity contribution in [1.29, 1.82) is 0 Å². The van der Waals surface area contributed by atoms with E-state index in [1.807, 2.05) is 52.0 Å². The van der Waals surface area contributed by atoms with Crippen LogP contribution in [0, 0.1) is 10.8 Å². The monoisotopic (exact) mass is 298 g/mol. The maximum Gasteiger partial charge on any atom is 0.178 e. The van der Waals surface area contributed by atoms with Crippen molar-refractivity contribution in [3.05, 3.63) is 59.1 Å². The molecule has 0 aliphatic carbocycles. The molecule has 0 rings (SSSR count). The molecule has 0 heterocycles. The SMILES string of the molecule is CC(C)=C=CC(C)(C)/C=C/C(=O)/C=C/C(C)(C)C=C=C(C)C. The van der Waals surface area contributed by atoms with Crippen LogP contribution in [0.15, 0.2) is 59.1 Å². The van der Waals surface area contributed by atoms with Gasteiger partial charge in [-0.05, 0) is 63.1 Å². The highest BCUT2D eigenvalue weighted by atomic mass is 16.1. The van der Waals surface area contributed by atoms with Gasteiger partial charge in [0.1, 0.15) is 0 Å². The van der Waals surface area contributed by atoms with E-state index in [9.17, 15) is 4.79 Å². The molecule has 0 unspecified atom stereocenters. The lowest BCUT2D eigenvalue weighted by molar-refractivity contribution is -0.110. The van der Waals surface area contributed by atoms with E-state index in [2.05, 4.69) is 39.2 Å². The first-order valence-electron chi connectivity index (χ1n) is 7.68. The van der Waals surface area contributed by atoms with Crippen LogP contribution in [0.2, 0.25) is 0 Å². The van der Waals surface area contributed by atoms with Gasteiger partial charge in [-0.3, -0.25) is 4.79 Å². The Morgan fingerprint density at radius 3 is 1.32 bits per heavy atom. The third kappa shape index (κ3) is 10.9. The Balaban J connectivity index is 4.96. The molecule has 0 bridgehead atoms. The van der Waals surface area contributed by atoms with Gasteiger partial charge in [0.2, 0.25) is 0 Å². The highest BCUT2D eigenvalue weighted by Gasteiger charge is 2.11. The molecular formula is C21H30O. The molecule has 0 aliphatic heterocycles. The summed E-state index contributed by atoms with van der Waals surface area (Å²) in [6.45, 7) is 16.2. The largest absolute Gasteiger partial charge is 0.290 e. The lowest BCUT2D eigenvalue weighted by Gasteiger charge is -2.13. The molecular weight excluding hydrogens is 268 g/mol. The number of carbonyl (C=O) groups is 1. The first-order valence-corrected chi connectivity index (χ1v) is 7.68. The van der Waals surface area contributed by atoms with Crippen LogP contribution in [0.4, 0.5) is 0 Å². The fraction of sp³-hybridized carbons (Fsp3) is 0.476. The van der Waals surface area contributed by atoms with Crippen molar-refractivity contribution < 1.29 is 4.79 Å². The minimum absolute atomic E-state index is 0.00245. The van der Waals surface area contributed by atoms with Crippen LogP contribution >= 0.6 is 0 Å². The van der Waals surface area contributed by atoms with Crippen LogP contribution < -0.4 is 0 Å². The van der Waals surface area contributed by atoms with Gasteiger partial charge in [0.25, 0.3) is 0 Å². The molecule has 0 aromatic heterocycles. The minimum atomic E-state index is -0.182. The average Bonchev–Trinajstić information content (AvgIpc) is 2.39. The van der Waals surface area contributed by atoms with Crippen molar-refractivity contribution in [3.63, 3.8) is 0 Å². The van der Waals surface area contributed by atoms with Crippen LogP contribution in [-0.4, -0.2) is 5.78 Å². The van der Waals surface area contributed by atoms with E-state index in [0.29, 0.717) is 0 Å². The van der Waals surface area contributed by atoms with Crippen molar-refractivity contribution in [2.45, 2.75) is 55.4 Å². The third-order valence-electron chi connectivity index (χ3n) is 2.82. The van der Waals surface area contributed by atoms with Gasteiger partial charge in [-0.25, -0.2) is 0 Å². The quantitative estimate of drug-likeness (QED) is 0.436. The molecule has 0 amide bonds. The normalized spacial score (nSPS) is 12.0. The zero-order chi connectivity index (χ0) is 17.4. The zero-order valence-corrected chi connectivity index (χ0v) is 15.4. The maximum absolute atomic E-state index is 12.0. The molecule has 1 nitrogen and oxygen atoms in total. The van der Waals surface area contributed by atoms with Crippen LogP contribution in [0.25, 0.3) is 0 Å². The number of allylic oxidation sites excluding steroid dienone is 6. The van der Waals surface area contributed by atoms with E-state index in [1.165, 1.54) is 0 Å². The maximum atomic E-state index is 12.0. The van der Waals surface area contributed by atoms with Gasteiger partial charge >= 0.3 is 0 Å². The average molecular weight is 298 g/mol. The summed E-state index contributed by atoms with van der Waals surface area (Å²) in [4.78, 5) is 12.0. The van der Waals surface area contributed by atoms with Crippen LogP contribution in [-0.2, 0) is 4.79 Å². The Morgan fingerprint density at radius 2 is 1.05 bits per heavy atom. The van der Waals surface area contributed by atoms with Crippen molar-refractivity contribution >= 4 is 5.78 Å². The Morgan fingerprint density at radius 1 is 0.727 bits per heavy atom. The minimum Gasteiger partial charge on any atom is -0.290 e. The Kier molecular flexibility index (Phi) is 7.88. The molecule has 0 atom stereocenters. The van der Waals surface area contributed by atoms with Crippen LogP contribution in [0.1, 0.15) is 55.4 Å². The lowest BCUT2D eigenvalue weighted by Crippen LogP contribution is -2.05. The summed E-state index contributed by atoms with van der Waals surface area (Å²) in [5, 5.41) is 0. The predicted molar refractivity (Wildman–Crippen MR) is 96.7 cm³/mol. The molecule has 0 N–H and O–H groups in total. The topological polar surface area (TPSA) is 17.1 Å². The molecule has 0 fully saturated rings. The highest BCUT2D eigenvalue weighted by molar-refractivity contribution is 5.99. The number of hydrogen-bond acceptors (Lipinski definition) is 1. The van der Waals surface area contributed by atoms with Crippen molar-refractivity contribution in [3.8, 4) is 0 Å². The van der Waals surface area contributed by atoms with Gasteiger partial charge in [0.05, 0.1) is 0 Å². The highest BCUT2D eigenvalue weighted by Crippen LogP contribution is 2.20. The number of ketones is 1. The van der Waals surface area contributed by atoms with Crippen molar-refractivity contribution in [1.82, 2.24) is 0 Å². The smallest absolute Gasteiger partial charge is 0.178 e. The summed E-state index contributed by atoms with van der Waals surface area (Å²) in [7, 11) is 0. The standard InChI is InChI=1S/C21H30O/c1-17(2)9-13-20(5,6)15-11-19(22)12-16-21(7,8)14-10-18(3)4/h11-16H,1-8H3/b15-11+,16-12+. The summed E-state index contributed by atoms with van der Waals surface area (Å²) in [6.07, 6.45) is 11.0. The van der Waals surface area contributed by atoms with Crippen molar-refractivity contribution in [2.75, 3.05) is 0 Å². The van der Waals surface area contributed by atoms with E-state index in [-0.39, 0.29) is 16.6 Å². The molecule has 0 radical (unpaired) electrons. The second-order valence-electron chi connectivity index (χ2n) is 7.29. The predicted octanol–water partition coefficient (Wildman–Crippen LogP) is 5.96. The Bertz CT molecular complexity index is 519. The first-order chi connectivity index (χ1) is 9.93. The van der Waals surface area contributed by atoms with Gasteiger partial charge in [-0.2, -0.15) is 0 Å². The second-order valence-corrected chi connectivity index (χ2v) is 7.29. The van der Waals surface area contributed by atoms with Gasteiger partial charge in [0, 0.05) is 10.8 Å². The third-order valence-corrected chi connectivity index (χ3v) is 2.82. The van der Waals surface area contributed by atoms with Gasteiger partial charge in [-0.1, -0.05) is 39.8 Å². The van der Waals surface area contributed by atoms with E-state index in [0.717, 1.165) is 11.1 Å². The summed E-state index contributed by atoms with van der Waals surface area (Å²) < 4.78 is 0. The Labute approximate surface area is 136 Å². The fourth-order valence-electron chi connectivity index (χ4n) is 1.41. The van der Waals surface area contributed by atoms with Gasteiger partial charge in [-0.15, -0.1) is 11.5 Å². The van der Waals surface area contributed by atoms with Crippen molar-refractivity contribution in [2.24, 2.45) is 10.8 Å². The van der Waals surface area contributed by atoms with E-state index in [1.54, 1.807) is 12.2 Å². The molecule has 0 spiro atoms. The van der Waals surface area contributed by atoms with Gasteiger partial charge in [0.15, 0.2) is 5.78 Å². The number of carbonyl (C=O) groups excluding carboxylic acids is 1. The zero-order valence-electron chi connectivity index (χ0n) is 15.4. The summed E-state index contributed by atoms with van der Waals surface area (Å²) in [5.41, 5.74) is 8.26. The molecule has 0 saturated carbocycles. The fourth-order valence-corrected chi connectivity index (χ4v) is 1.41. The van der Waals surface area contributed by atoms with E-state index >= 15 is 0 Å². The lowest BCUT2D eigenvalue weighted by atomic mass is 9.91. The summed E-state index contributed by atoms with van der Waals surface area (Å²) in [6, 6.07) is 0. The molecule has 22 heavy (non-hydrogen) atoms. The summed E-state index contributed by atoms with van der Waals surface area (Å²) >= 11 is 0. The summed E-state index contributed by atoms with van der Waals surface area (Å²) in [5.74, 6) is -0.00245. The number of hydrogen-bond donors (Lipinski definition) is 0. The van der Waals surface area contributed by atoms with Crippen LogP contribution in [0.5, 0.6) is 0 Å². The Hall–Kier alpha value is -1.81. The van der Waals surface area contributed by atoms with Gasteiger partial charge < -0.3 is 0 Å². The molecule has 120 valence electrons. The second kappa shape index (κ2) is 8.59. The molecule has 1 heteroatoms. The molecule has 0 aromatic carbocycles. The number of rotatable bonds is 6. The molecule has 0 aromatic rings. The van der Waals surface area contributed by atoms with Crippen LogP contribution in [0.3, 0.4) is 0 Å². The first kappa shape index (κ1) is 20.2. The van der Waals surface area contributed by atoms with E-state index in [4.69, 9.17) is 0 Å².